The predicted molar refractivity (Wildman–Crippen MR) is 96.4 cm³/mol. The number of carbonyl (C=O) groups is 2. The number of ether oxygens (including phenoxy) is 2. The van der Waals surface area contributed by atoms with Gasteiger partial charge in [-0.25, -0.2) is 4.79 Å². The Labute approximate surface area is 152 Å². The molecule has 6 nitrogen and oxygen atoms in total. The van der Waals surface area contributed by atoms with Gasteiger partial charge >= 0.3 is 5.97 Å². The summed E-state index contributed by atoms with van der Waals surface area (Å²) in [5.41, 5.74) is 2.02. The van der Waals surface area contributed by atoms with Crippen LogP contribution in [0.4, 0.5) is 5.69 Å². The summed E-state index contributed by atoms with van der Waals surface area (Å²) in [4.78, 5) is 23.9. The zero-order valence-electron chi connectivity index (χ0n) is 14.7. The molecule has 0 unspecified atom stereocenters. The highest BCUT2D eigenvalue weighted by Crippen LogP contribution is 2.13. The van der Waals surface area contributed by atoms with Crippen LogP contribution in [0.25, 0.3) is 0 Å². The van der Waals surface area contributed by atoms with Crippen molar-refractivity contribution in [2.45, 2.75) is 26.6 Å². The van der Waals surface area contributed by atoms with Gasteiger partial charge in [0.15, 0.2) is 6.61 Å². The van der Waals surface area contributed by atoms with Crippen molar-refractivity contribution in [3.8, 4) is 6.07 Å². The van der Waals surface area contributed by atoms with E-state index in [0.29, 0.717) is 23.4 Å². The SMILES string of the molecule is CC(C)OCc1ccc(C(=O)OCC(=O)Nc2ccccc2C#N)cc1. The van der Waals surface area contributed by atoms with Crippen LogP contribution in [0.1, 0.15) is 35.3 Å². The maximum atomic E-state index is 12.0. The standard InChI is InChI=1S/C20H20N2O4/c1-14(2)25-12-15-7-9-16(10-8-15)20(24)26-13-19(23)22-18-6-4-3-5-17(18)11-21/h3-10,14H,12-13H2,1-2H3,(H,22,23). The lowest BCUT2D eigenvalue weighted by molar-refractivity contribution is -0.119. The van der Waals surface area contributed by atoms with Crippen molar-refractivity contribution >= 4 is 17.6 Å². The van der Waals surface area contributed by atoms with Crippen LogP contribution in [0.3, 0.4) is 0 Å². The minimum absolute atomic E-state index is 0.129. The number of nitriles is 1. The normalized spacial score (nSPS) is 10.2. The summed E-state index contributed by atoms with van der Waals surface area (Å²) in [6, 6.07) is 15.4. The third-order valence-corrected chi connectivity index (χ3v) is 3.43. The van der Waals surface area contributed by atoms with Crippen molar-refractivity contribution in [1.29, 1.82) is 5.26 Å². The topological polar surface area (TPSA) is 88.4 Å². The average Bonchev–Trinajstić information content (AvgIpc) is 2.65. The highest BCUT2D eigenvalue weighted by molar-refractivity contribution is 5.96. The first kappa shape index (κ1) is 19.2. The summed E-state index contributed by atoms with van der Waals surface area (Å²) in [7, 11) is 0. The summed E-state index contributed by atoms with van der Waals surface area (Å²) in [5, 5.41) is 11.5. The number of hydrogen-bond acceptors (Lipinski definition) is 5. The average molecular weight is 352 g/mol. The number of amides is 1. The Bertz CT molecular complexity index is 807. The number of anilines is 1. The second-order valence-electron chi connectivity index (χ2n) is 5.84. The molecule has 0 bridgehead atoms. The number of nitrogens with one attached hydrogen (secondary N) is 1. The Balaban J connectivity index is 1.86. The number of esters is 1. The van der Waals surface area contributed by atoms with E-state index in [-0.39, 0.29) is 6.10 Å². The molecule has 26 heavy (non-hydrogen) atoms. The van der Waals surface area contributed by atoms with Crippen LogP contribution in [0, 0.1) is 11.3 Å². The number of hydrogen-bond donors (Lipinski definition) is 1. The van der Waals surface area contributed by atoms with Gasteiger partial charge in [0, 0.05) is 0 Å². The van der Waals surface area contributed by atoms with Crippen molar-refractivity contribution in [1.82, 2.24) is 0 Å². The molecule has 0 atom stereocenters. The van der Waals surface area contributed by atoms with E-state index in [1.165, 1.54) is 0 Å². The van der Waals surface area contributed by atoms with E-state index in [0.717, 1.165) is 5.56 Å². The fraction of sp³-hybridized carbons (Fsp3) is 0.250. The summed E-state index contributed by atoms with van der Waals surface area (Å²) < 4.78 is 10.5. The van der Waals surface area contributed by atoms with Crippen molar-refractivity contribution in [3.63, 3.8) is 0 Å². The van der Waals surface area contributed by atoms with Gasteiger partial charge in [-0.1, -0.05) is 24.3 Å². The highest BCUT2D eigenvalue weighted by atomic mass is 16.5. The molecule has 134 valence electrons. The maximum Gasteiger partial charge on any atom is 0.338 e. The number of rotatable bonds is 7. The molecule has 2 rings (SSSR count). The zero-order valence-corrected chi connectivity index (χ0v) is 14.7. The number of benzene rings is 2. The minimum Gasteiger partial charge on any atom is -0.452 e. The molecule has 0 aromatic heterocycles. The Morgan fingerprint density at radius 2 is 1.81 bits per heavy atom. The van der Waals surface area contributed by atoms with Crippen LogP contribution in [0.5, 0.6) is 0 Å². The second-order valence-corrected chi connectivity index (χ2v) is 5.84. The molecule has 0 radical (unpaired) electrons. The molecule has 0 aliphatic rings. The number of carbonyl (C=O) groups excluding carboxylic acids is 2. The molecule has 1 amide bonds. The molecular weight excluding hydrogens is 332 g/mol. The Kier molecular flexibility index (Phi) is 6.89. The van der Waals surface area contributed by atoms with E-state index in [1.807, 2.05) is 19.9 Å². The van der Waals surface area contributed by atoms with Crippen molar-refractivity contribution in [3.05, 3.63) is 65.2 Å². The lowest BCUT2D eigenvalue weighted by Crippen LogP contribution is -2.21. The quantitative estimate of drug-likeness (QED) is 0.773. The zero-order chi connectivity index (χ0) is 18.9. The lowest BCUT2D eigenvalue weighted by Gasteiger charge is -2.09. The summed E-state index contributed by atoms with van der Waals surface area (Å²) in [5.74, 6) is -1.10. The third-order valence-electron chi connectivity index (χ3n) is 3.43. The van der Waals surface area contributed by atoms with Gasteiger partial charge in [-0.3, -0.25) is 4.79 Å². The van der Waals surface area contributed by atoms with Crippen LogP contribution in [-0.4, -0.2) is 24.6 Å². The first-order valence-electron chi connectivity index (χ1n) is 8.16. The first-order chi connectivity index (χ1) is 12.5. The van der Waals surface area contributed by atoms with Crippen LogP contribution in [0.15, 0.2) is 48.5 Å². The van der Waals surface area contributed by atoms with Gasteiger partial charge in [0.2, 0.25) is 0 Å². The summed E-state index contributed by atoms with van der Waals surface area (Å²) in [6.45, 7) is 3.93. The molecule has 1 N–H and O–H groups in total. The third kappa shape index (κ3) is 5.72. The van der Waals surface area contributed by atoms with Crippen molar-refractivity contribution < 1.29 is 19.1 Å². The van der Waals surface area contributed by atoms with Crippen LogP contribution >= 0.6 is 0 Å². The molecule has 0 saturated carbocycles. The van der Waals surface area contributed by atoms with E-state index in [9.17, 15) is 9.59 Å². The molecule has 0 spiro atoms. The fourth-order valence-electron chi connectivity index (χ4n) is 2.09. The number of para-hydroxylation sites is 1. The lowest BCUT2D eigenvalue weighted by atomic mass is 10.1. The molecular formula is C20H20N2O4. The second kappa shape index (κ2) is 9.35. The molecule has 0 aliphatic carbocycles. The van der Waals surface area contributed by atoms with Gasteiger partial charge in [-0.05, 0) is 43.7 Å². The molecule has 0 fully saturated rings. The van der Waals surface area contributed by atoms with Crippen LogP contribution in [-0.2, 0) is 20.9 Å². The predicted octanol–water partition coefficient (Wildman–Crippen LogP) is 3.28. The van der Waals surface area contributed by atoms with Gasteiger partial charge in [0.05, 0.1) is 29.5 Å². The van der Waals surface area contributed by atoms with E-state index in [1.54, 1.807) is 48.5 Å². The first-order valence-corrected chi connectivity index (χ1v) is 8.16. The number of nitrogens with zero attached hydrogens (tertiary/aromatic N) is 1. The minimum atomic E-state index is -0.593. The van der Waals surface area contributed by atoms with E-state index >= 15 is 0 Å². The molecule has 0 heterocycles. The van der Waals surface area contributed by atoms with Gasteiger partial charge in [0.25, 0.3) is 5.91 Å². The highest BCUT2D eigenvalue weighted by Gasteiger charge is 2.12. The largest absolute Gasteiger partial charge is 0.452 e. The van der Waals surface area contributed by atoms with Crippen molar-refractivity contribution in [2.24, 2.45) is 0 Å². The van der Waals surface area contributed by atoms with E-state index in [2.05, 4.69) is 5.32 Å². The molecule has 2 aromatic rings. The van der Waals surface area contributed by atoms with Crippen molar-refractivity contribution in [2.75, 3.05) is 11.9 Å². The maximum absolute atomic E-state index is 12.0. The molecule has 0 aliphatic heterocycles. The molecule has 6 heteroatoms. The van der Waals surface area contributed by atoms with E-state index < -0.39 is 18.5 Å². The molecule has 2 aromatic carbocycles. The smallest absolute Gasteiger partial charge is 0.338 e. The Morgan fingerprint density at radius 1 is 1.12 bits per heavy atom. The van der Waals surface area contributed by atoms with Gasteiger partial charge in [-0.15, -0.1) is 0 Å². The monoisotopic (exact) mass is 352 g/mol. The Hall–Kier alpha value is -3.17. The van der Waals surface area contributed by atoms with Crippen LogP contribution < -0.4 is 5.32 Å². The summed E-state index contributed by atoms with van der Waals surface area (Å²) >= 11 is 0. The van der Waals surface area contributed by atoms with Crippen LogP contribution in [0.2, 0.25) is 0 Å². The van der Waals surface area contributed by atoms with E-state index in [4.69, 9.17) is 14.7 Å². The molecule has 0 saturated heterocycles. The summed E-state index contributed by atoms with van der Waals surface area (Å²) in [6.07, 6.45) is 0.129. The van der Waals surface area contributed by atoms with Gasteiger partial charge < -0.3 is 14.8 Å². The fourth-order valence-corrected chi connectivity index (χ4v) is 2.09. The van der Waals surface area contributed by atoms with Gasteiger partial charge in [-0.2, -0.15) is 5.26 Å². The Morgan fingerprint density at radius 3 is 2.46 bits per heavy atom. The van der Waals surface area contributed by atoms with Gasteiger partial charge in [0.1, 0.15) is 6.07 Å².